The van der Waals surface area contributed by atoms with Gasteiger partial charge >= 0.3 is 0 Å². The zero-order valence-corrected chi connectivity index (χ0v) is 10.8. The molecule has 2 aromatic rings. The van der Waals surface area contributed by atoms with Gasteiger partial charge in [-0.1, -0.05) is 0 Å². The normalized spacial score (nSPS) is 11.3. The van der Waals surface area contributed by atoms with E-state index in [1.165, 1.54) is 37.6 Å². The van der Waals surface area contributed by atoms with Crippen molar-refractivity contribution in [3.8, 4) is 16.9 Å². The summed E-state index contributed by atoms with van der Waals surface area (Å²) in [7, 11) is -2.41. The predicted octanol–water partition coefficient (Wildman–Crippen LogP) is 1.54. The molecule has 0 bridgehead atoms. The summed E-state index contributed by atoms with van der Waals surface area (Å²) in [6, 6.07) is 5.34. The van der Waals surface area contributed by atoms with Crippen LogP contribution in [-0.2, 0) is 10.0 Å². The van der Waals surface area contributed by atoms with Gasteiger partial charge < -0.3 is 4.74 Å². The molecule has 0 radical (unpaired) electrons. The summed E-state index contributed by atoms with van der Waals surface area (Å²) >= 11 is 0. The standard InChI is InChI=1S/C12H11FN2O3S/c1-18-12-3-2-10(19(14,16)17)5-11(12)8-4-9(13)7-15-6-8/h2-7H,1H3,(H2,14,16,17). The first-order valence-corrected chi connectivity index (χ1v) is 6.78. The predicted molar refractivity (Wildman–Crippen MR) is 67.6 cm³/mol. The molecule has 2 rings (SSSR count). The van der Waals surface area contributed by atoms with E-state index in [-0.39, 0.29) is 4.90 Å². The average Bonchev–Trinajstić information content (AvgIpc) is 2.37. The summed E-state index contributed by atoms with van der Waals surface area (Å²) in [6.45, 7) is 0. The molecule has 0 saturated carbocycles. The maximum absolute atomic E-state index is 13.2. The van der Waals surface area contributed by atoms with Crippen LogP contribution in [-0.4, -0.2) is 20.5 Å². The quantitative estimate of drug-likeness (QED) is 0.925. The van der Waals surface area contributed by atoms with Gasteiger partial charge in [0.15, 0.2) is 0 Å². The molecule has 0 aliphatic heterocycles. The van der Waals surface area contributed by atoms with E-state index in [9.17, 15) is 12.8 Å². The number of hydrogen-bond donors (Lipinski definition) is 1. The Bertz CT molecular complexity index is 717. The van der Waals surface area contributed by atoms with Crippen LogP contribution in [0.4, 0.5) is 4.39 Å². The highest BCUT2D eigenvalue weighted by Crippen LogP contribution is 2.31. The lowest BCUT2D eigenvalue weighted by molar-refractivity contribution is 0.416. The lowest BCUT2D eigenvalue weighted by Gasteiger charge is -2.10. The highest BCUT2D eigenvalue weighted by atomic mass is 32.2. The summed E-state index contributed by atoms with van der Waals surface area (Å²) in [5, 5.41) is 5.07. The summed E-state index contributed by atoms with van der Waals surface area (Å²) in [4.78, 5) is 3.64. The second-order valence-corrected chi connectivity index (χ2v) is 5.36. The number of sulfonamides is 1. The molecule has 0 aliphatic carbocycles. The Morgan fingerprint density at radius 2 is 2.00 bits per heavy atom. The summed E-state index contributed by atoms with van der Waals surface area (Å²) < 4.78 is 41.0. The van der Waals surface area contributed by atoms with Gasteiger partial charge in [0.25, 0.3) is 0 Å². The zero-order valence-electron chi connectivity index (χ0n) is 10.00. The summed E-state index contributed by atoms with van der Waals surface area (Å²) in [6.07, 6.45) is 2.47. The molecular formula is C12H11FN2O3S. The Morgan fingerprint density at radius 3 is 2.58 bits per heavy atom. The molecule has 19 heavy (non-hydrogen) atoms. The molecule has 0 aliphatic rings. The number of primary sulfonamides is 1. The average molecular weight is 282 g/mol. The van der Waals surface area contributed by atoms with Gasteiger partial charge in [0.1, 0.15) is 11.6 Å². The van der Waals surface area contributed by atoms with Crippen LogP contribution in [0.3, 0.4) is 0 Å². The number of ether oxygens (including phenoxy) is 1. The van der Waals surface area contributed by atoms with Crippen molar-refractivity contribution in [3.63, 3.8) is 0 Å². The molecule has 1 heterocycles. The number of pyridine rings is 1. The van der Waals surface area contributed by atoms with Crippen LogP contribution in [0.25, 0.3) is 11.1 Å². The van der Waals surface area contributed by atoms with E-state index in [4.69, 9.17) is 9.88 Å². The maximum Gasteiger partial charge on any atom is 0.238 e. The summed E-state index contributed by atoms with van der Waals surface area (Å²) in [5.41, 5.74) is 0.809. The smallest absolute Gasteiger partial charge is 0.238 e. The van der Waals surface area contributed by atoms with Crippen LogP contribution in [0, 0.1) is 5.82 Å². The molecule has 1 aromatic carbocycles. The number of nitrogens with two attached hydrogens (primary N) is 1. The largest absolute Gasteiger partial charge is 0.496 e. The number of hydrogen-bond acceptors (Lipinski definition) is 4. The van der Waals surface area contributed by atoms with Crippen molar-refractivity contribution < 1.29 is 17.5 Å². The molecule has 100 valence electrons. The van der Waals surface area contributed by atoms with Gasteiger partial charge in [-0.05, 0) is 24.3 Å². The molecule has 0 spiro atoms. The molecule has 0 fully saturated rings. The molecule has 5 nitrogen and oxygen atoms in total. The minimum atomic E-state index is -3.84. The van der Waals surface area contributed by atoms with Crippen molar-refractivity contribution in [2.75, 3.05) is 7.11 Å². The van der Waals surface area contributed by atoms with E-state index < -0.39 is 15.8 Å². The third-order valence-corrected chi connectivity index (χ3v) is 3.43. The Balaban J connectivity index is 2.66. The third-order valence-electron chi connectivity index (χ3n) is 2.52. The van der Waals surface area contributed by atoms with E-state index in [2.05, 4.69) is 4.98 Å². The highest BCUT2D eigenvalue weighted by Gasteiger charge is 2.14. The first kappa shape index (κ1) is 13.4. The fraction of sp³-hybridized carbons (Fsp3) is 0.0833. The van der Waals surface area contributed by atoms with Crippen LogP contribution < -0.4 is 9.88 Å². The summed E-state index contributed by atoms with van der Waals surface area (Å²) in [5.74, 6) is -0.125. The lowest BCUT2D eigenvalue weighted by atomic mass is 10.1. The SMILES string of the molecule is COc1ccc(S(N)(=O)=O)cc1-c1cncc(F)c1. The number of nitrogens with zero attached hydrogens (tertiary/aromatic N) is 1. The topological polar surface area (TPSA) is 82.3 Å². The number of rotatable bonds is 3. The first-order chi connectivity index (χ1) is 8.91. The fourth-order valence-corrected chi connectivity index (χ4v) is 2.19. The van der Waals surface area contributed by atoms with E-state index in [0.717, 1.165) is 6.20 Å². The molecule has 0 amide bonds. The van der Waals surface area contributed by atoms with Crippen LogP contribution in [0.5, 0.6) is 5.75 Å². The van der Waals surface area contributed by atoms with Gasteiger partial charge in [0.05, 0.1) is 18.2 Å². The number of benzene rings is 1. The van der Waals surface area contributed by atoms with Crippen LogP contribution in [0.1, 0.15) is 0 Å². The van der Waals surface area contributed by atoms with Gasteiger partial charge in [-0.15, -0.1) is 0 Å². The van der Waals surface area contributed by atoms with Crippen molar-refractivity contribution in [1.82, 2.24) is 4.98 Å². The Labute approximate surface area is 109 Å². The van der Waals surface area contributed by atoms with Gasteiger partial charge in [0, 0.05) is 17.3 Å². The van der Waals surface area contributed by atoms with E-state index in [0.29, 0.717) is 16.9 Å². The molecule has 0 atom stereocenters. The van der Waals surface area contributed by atoms with Crippen molar-refractivity contribution >= 4 is 10.0 Å². The van der Waals surface area contributed by atoms with Crippen LogP contribution >= 0.6 is 0 Å². The number of methoxy groups -OCH3 is 1. The molecule has 2 N–H and O–H groups in total. The minimum absolute atomic E-state index is 0.0763. The number of aromatic nitrogens is 1. The van der Waals surface area contributed by atoms with Crippen molar-refractivity contribution in [2.45, 2.75) is 4.90 Å². The highest BCUT2D eigenvalue weighted by molar-refractivity contribution is 7.89. The monoisotopic (exact) mass is 282 g/mol. The van der Waals surface area contributed by atoms with E-state index in [1.54, 1.807) is 0 Å². The van der Waals surface area contributed by atoms with Gasteiger partial charge in [0.2, 0.25) is 10.0 Å². The zero-order chi connectivity index (χ0) is 14.0. The Hall–Kier alpha value is -1.99. The van der Waals surface area contributed by atoms with Gasteiger partial charge in [-0.3, -0.25) is 4.98 Å². The number of halogens is 1. The lowest BCUT2D eigenvalue weighted by Crippen LogP contribution is -2.12. The second kappa shape index (κ2) is 4.94. The third kappa shape index (κ3) is 2.88. The molecular weight excluding hydrogens is 271 g/mol. The van der Waals surface area contributed by atoms with Crippen molar-refractivity contribution in [3.05, 3.63) is 42.5 Å². The molecule has 7 heteroatoms. The van der Waals surface area contributed by atoms with Gasteiger partial charge in [-0.25, -0.2) is 17.9 Å². The Kier molecular flexibility index (Phi) is 3.50. The van der Waals surface area contributed by atoms with Crippen LogP contribution in [0.15, 0.2) is 41.6 Å². The fourth-order valence-electron chi connectivity index (χ4n) is 1.65. The van der Waals surface area contributed by atoms with E-state index in [1.807, 2.05) is 0 Å². The maximum atomic E-state index is 13.2. The molecule has 0 saturated heterocycles. The minimum Gasteiger partial charge on any atom is -0.496 e. The van der Waals surface area contributed by atoms with E-state index >= 15 is 0 Å². The van der Waals surface area contributed by atoms with Crippen molar-refractivity contribution in [2.24, 2.45) is 5.14 Å². The molecule has 0 unspecified atom stereocenters. The molecule has 1 aromatic heterocycles. The van der Waals surface area contributed by atoms with Gasteiger partial charge in [-0.2, -0.15) is 0 Å². The second-order valence-electron chi connectivity index (χ2n) is 3.80. The van der Waals surface area contributed by atoms with Crippen molar-refractivity contribution in [1.29, 1.82) is 0 Å². The van der Waals surface area contributed by atoms with Crippen LogP contribution in [0.2, 0.25) is 0 Å². The first-order valence-electron chi connectivity index (χ1n) is 5.23. The Morgan fingerprint density at radius 1 is 1.26 bits per heavy atom.